The van der Waals surface area contributed by atoms with E-state index in [9.17, 15) is 0 Å². The van der Waals surface area contributed by atoms with E-state index in [1.165, 1.54) is 11.5 Å². The van der Waals surface area contributed by atoms with Crippen molar-refractivity contribution >= 4 is 16.7 Å². The fourth-order valence-electron chi connectivity index (χ4n) is 1.89. The molecule has 0 aliphatic heterocycles. The summed E-state index contributed by atoms with van der Waals surface area (Å²) in [5.74, 6) is 2.08. The number of hydrogen-bond donors (Lipinski definition) is 1. The van der Waals surface area contributed by atoms with Gasteiger partial charge in [0.15, 0.2) is 0 Å². The van der Waals surface area contributed by atoms with Crippen LogP contribution in [0.3, 0.4) is 0 Å². The predicted octanol–water partition coefficient (Wildman–Crippen LogP) is 3.44. The van der Waals surface area contributed by atoms with Gasteiger partial charge < -0.3 is 9.84 Å². The summed E-state index contributed by atoms with van der Waals surface area (Å²) in [4.78, 5) is 4.46. The molecule has 0 bridgehead atoms. The maximum absolute atomic E-state index is 5.17. The molecule has 2 heterocycles. The van der Waals surface area contributed by atoms with Crippen LogP contribution in [0.4, 0.5) is 5.13 Å². The molecule has 0 aromatic carbocycles. The zero-order valence-corrected chi connectivity index (χ0v) is 12.1. The van der Waals surface area contributed by atoms with Gasteiger partial charge in [0.05, 0.1) is 11.7 Å². The number of rotatable bonds is 4. The van der Waals surface area contributed by atoms with Crippen molar-refractivity contribution in [3.8, 4) is 0 Å². The Bertz CT molecular complexity index is 512. The smallest absolute Gasteiger partial charge is 0.203 e. The lowest BCUT2D eigenvalue weighted by Crippen LogP contribution is -2.08. The van der Waals surface area contributed by atoms with Gasteiger partial charge in [0.2, 0.25) is 5.13 Å². The lowest BCUT2D eigenvalue weighted by atomic mass is 10.1. The van der Waals surface area contributed by atoms with Gasteiger partial charge in [0.25, 0.3) is 0 Å². The first-order valence-corrected chi connectivity index (χ1v) is 6.79. The highest BCUT2D eigenvalue weighted by Gasteiger charge is 2.18. The van der Waals surface area contributed by atoms with Crippen LogP contribution in [0.5, 0.6) is 0 Å². The first-order valence-electron chi connectivity index (χ1n) is 6.02. The molecule has 0 spiro atoms. The lowest BCUT2D eigenvalue weighted by Gasteiger charge is -2.11. The Morgan fingerprint density at radius 2 is 1.94 bits per heavy atom. The maximum atomic E-state index is 5.17. The lowest BCUT2D eigenvalue weighted by molar-refractivity contribution is 0.392. The Kier molecular flexibility index (Phi) is 3.65. The summed E-state index contributed by atoms with van der Waals surface area (Å²) >= 11 is 1.39. The van der Waals surface area contributed by atoms with E-state index in [0.29, 0.717) is 5.92 Å². The van der Waals surface area contributed by atoms with E-state index in [4.69, 9.17) is 4.52 Å². The summed E-state index contributed by atoms with van der Waals surface area (Å²) in [5.41, 5.74) is 2.01. The van der Waals surface area contributed by atoms with Crippen molar-refractivity contribution in [2.24, 2.45) is 0 Å². The number of nitrogens with one attached hydrogen (secondary N) is 1. The minimum atomic E-state index is 0.115. The molecule has 1 N–H and O–H groups in total. The van der Waals surface area contributed by atoms with E-state index < -0.39 is 0 Å². The minimum absolute atomic E-state index is 0.115. The van der Waals surface area contributed by atoms with Gasteiger partial charge >= 0.3 is 0 Å². The third kappa shape index (κ3) is 2.53. The molecule has 2 aromatic heterocycles. The fraction of sp³-hybridized carbons (Fsp3) is 0.583. The van der Waals surface area contributed by atoms with Crippen molar-refractivity contribution in [1.29, 1.82) is 0 Å². The van der Waals surface area contributed by atoms with Crippen molar-refractivity contribution in [1.82, 2.24) is 14.5 Å². The highest BCUT2D eigenvalue weighted by Crippen LogP contribution is 2.26. The van der Waals surface area contributed by atoms with Crippen molar-refractivity contribution in [2.75, 3.05) is 5.32 Å². The van der Waals surface area contributed by atoms with Gasteiger partial charge in [-0.1, -0.05) is 19.0 Å². The van der Waals surface area contributed by atoms with Gasteiger partial charge in [-0.05, 0) is 20.8 Å². The number of nitrogens with zero attached hydrogens (tertiary/aromatic N) is 3. The fourth-order valence-corrected chi connectivity index (χ4v) is 2.69. The molecule has 1 unspecified atom stereocenters. The van der Waals surface area contributed by atoms with E-state index in [2.05, 4.69) is 40.6 Å². The molecule has 0 amide bonds. The Labute approximate surface area is 111 Å². The number of aromatic nitrogens is 3. The van der Waals surface area contributed by atoms with E-state index in [1.807, 2.05) is 13.8 Å². The van der Waals surface area contributed by atoms with Crippen LogP contribution in [0.25, 0.3) is 0 Å². The quantitative estimate of drug-likeness (QED) is 0.918. The molecule has 2 rings (SSSR count). The highest BCUT2D eigenvalue weighted by atomic mass is 32.1. The van der Waals surface area contributed by atoms with Crippen LogP contribution >= 0.6 is 11.5 Å². The summed E-state index contributed by atoms with van der Waals surface area (Å²) in [5, 5.41) is 8.15. The molecule has 2 aromatic rings. The van der Waals surface area contributed by atoms with Crippen LogP contribution in [0.15, 0.2) is 4.52 Å². The molecule has 0 saturated carbocycles. The van der Waals surface area contributed by atoms with Crippen molar-refractivity contribution < 1.29 is 4.52 Å². The largest absolute Gasteiger partial charge is 0.361 e. The number of anilines is 1. The zero-order chi connectivity index (χ0) is 13.3. The topological polar surface area (TPSA) is 63.8 Å². The molecule has 0 saturated heterocycles. The van der Waals surface area contributed by atoms with Gasteiger partial charge in [-0.15, -0.1) is 0 Å². The van der Waals surface area contributed by atoms with Crippen molar-refractivity contribution in [2.45, 2.75) is 46.6 Å². The summed E-state index contributed by atoms with van der Waals surface area (Å²) in [6.07, 6.45) is 0. The molecule has 0 aliphatic rings. The Morgan fingerprint density at radius 1 is 1.22 bits per heavy atom. The Balaban J connectivity index is 2.13. The van der Waals surface area contributed by atoms with Crippen LogP contribution < -0.4 is 5.32 Å². The van der Waals surface area contributed by atoms with Crippen LogP contribution in [-0.4, -0.2) is 14.5 Å². The molecule has 18 heavy (non-hydrogen) atoms. The molecule has 0 radical (unpaired) electrons. The molecule has 5 nitrogen and oxygen atoms in total. The molecular formula is C12H18N4OS. The van der Waals surface area contributed by atoms with Crippen LogP contribution in [-0.2, 0) is 0 Å². The predicted molar refractivity (Wildman–Crippen MR) is 72.0 cm³/mol. The highest BCUT2D eigenvalue weighted by molar-refractivity contribution is 7.09. The third-order valence-corrected chi connectivity index (χ3v) is 3.48. The summed E-state index contributed by atoms with van der Waals surface area (Å²) in [7, 11) is 0. The number of hydrogen-bond acceptors (Lipinski definition) is 6. The monoisotopic (exact) mass is 266 g/mol. The van der Waals surface area contributed by atoms with Gasteiger partial charge in [-0.25, -0.2) is 4.98 Å². The second-order valence-corrected chi connectivity index (χ2v) is 5.47. The third-order valence-electron chi connectivity index (χ3n) is 2.82. The zero-order valence-electron chi connectivity index (χ0n) is 11.3. The molecule has 6 heteroatoms. The van der Waals surface area contributed by atoms with Crippen molar-refractivity contribution in [3.63, 3.8) is 0 Å². The number of aryl methyl sites for hydroxylation is 2. The summed E-state index contributed by atoms with van der Waals surface area (Å²) in [6.45, 7) is 10.1. The first kappa shape index (κ1) is 13.0. The van der Waals surface area contributed by atoms with E-state index in [0.717, 1.165) is 28.0 Å². The average molecular weight is 266 g/mol. The van der Waals surface area contributed by atoms with Gasteiger partial charge in [0.1, 0.15) is 11.6 Å². The normalized spacial score (nSPS) is 13.0. The molecule has 98 valence electrons. The average Bonchev–Trinajstić information content (AvgIpc) is 2.86. The molecule has 0 aliphatic carbocycles. The maximum Gasteiger partial charge on any atom is 0.203 e. The molecule has 0 fully saturated rings. The summed E-state index contributed by atoms with van der Waals surface area (Å²) in [6, 6.07) is 0.115. The van der Waals surface area contributed by atoms with E-state index in [-0.39, 0.29) is 6.04 Å². The summed E-state index contributed by atoms with van der Waals surface area (Å²) < 4.78 is 9.50. The first-order chi connectivity index (χ1) is 8.49. The Hall–Kier alpha value is -1.43. The standard InChI is InChI=1S/C12H18N4OS/c1-6(2)11-14-12(18-16-11)13-7(3)10-8(4)15-17-9(10)5/h6-7H,1-5H3,(H,13,14,16). The molecular weight excluding hydrogens is 248 g/mol. The minimum Gasteiger partial charge on any atom is -0.361 e. The Morgan fingerprint density at radius 3 is 2.44 bits per heavy atom. The molecule has 1 atom stereocenters. The van der Waals surface area contributed by atoms with Crippen molar-refractivity contribution in [3.05, 3.63) is 22.8 Å². The van der Waals surface area contributed by atoms with Gasteiger partial charge in [0, 0.05) is 23.0 Å². The van der Waals surface area contributed by atoms with Crippen LogP contribution in [0.1, 0.15) is 55.6 Å². The van der Waals surface area contributed by atoms with Gasteiger partial charge in [-0.3, -0.25) is 0 Å². The SMILES string of the molecule is Cc1noc(C)c1C(C)Nc1nc(C(C)C)ns1. The van der Waals surface area contributed by atoms with Gasteiger partial charge in [-0.2, -0.15) is 4.37 Å². The van der Waals surface area contributed by atoms with Crippen LogP contribution in [0.2, 0.25) is 0 Å². The second-order valence-electron chi connectivity index (χ2n) is 4.72. The van der Waals surface area contributed by atoms with E-state index in [1.54, 1.807) is 0 Å². The second kappa shape index (κ2) is 5.06. The van der Waals surface area contributed by atoms with E-state index >= 15 is 0 Å². The van der Waals surface area contributed by atoms with Crippen LogP contribution in [0, 0.1) is 13.8 Å².